The lowest BCUT2D eigenvalue weighted by molar-refractivity contribution is -0.143. The third-order valence-corrected chi connectivity index (χ3v) is 5.14. The zero-order valence-corrected chi connectivity index (χ0v) is 15.4. The van der Waals surface area contributed by atoms with Crippen molar-refractivity contribution in [3.05, 3.63) is 65.0 Å². The molecule has 2 aromatic carbocycles. The molecule has 6 heteroatoms. The molecule has 0 saturated carbocycles. The second-order valence-electron chi connectivity index (χ2n) is 6.91. The van der Waals surface area contributed by atoms with Crippen molar-refractivity contribution in [1.29, 1.82) is 0 Å². The molecule has 1 aliphatic heterocycles. The first-order valence-electron chi connectivity index (χ1n) is 9.18. The number of nitrogens with zero attached hydrogens (tertiary/aromatic N) is 2. The highest BCUT2D eigenvalue weighted by Crippen LogP contribution is 2.27. The number of benzene rings is 2. The van der Waals surface area contributed by atoms with Crippen LogP contribution < -0.4 is 4.90 Å². The van der Waals surface area contributed by atoms with Gasteiger partial charge in [-0.3, -0.25) is 9.69 Å². The minimum atomic E-state index is -0.963. The number of carboxylic acids is 1. The lowest BCUT2D eigenvalue weighted by atomic mass is 10.0. The van der Waals surface area contributed by atoms with Gasteiger partial charge in [-0.25, -0.2) is 4.39 Å². The fourth-order valence-corrected chi connectivity index (χ4v) is 3.75. The second-order valence-corrected chi connectivity index (χ2v) is 6.91. The van der Waals surface area contributed by atoms with Crippen LogP contribution >= 0.6 is 0 Å². The van der Waals surface area contributed by atoms with E-state index < -0.39 is 24.4 Å². The van der Waals surface area contributed by atoms with Crippen molar-refractivity contribution < 1.29 is 19.4 Å². The number of anilines is 1. The Balaban J connectivity index is 1.81. The number of rotatable bonds is 5. The van der Waals surface area contributed by atoms with Crippen LogP contribution in [0.4, 0.5) is 10.1 Å². The Kier molecular flexibility index (Phi) is 6.08. The van der Waals surface area contributed by atoms with Crippen molar-refractivity contribution in [1.82, 2.24) is 4.90 Å². The number of aliphatic hydroxyl groups is 1. The maximum atomic E-state index is 13.7. The van der Waals surface area contributed by atoms with Gasteiger partial charge in [0.2, 0.25) is 0 Å². The average Bonchev–Trinajstić information content (AvgIpc) is 2.89. The Bertz CT molecular complexity index is 812. The molecule has 27 heavy (non-hydrogen) atoms. The van der Waals surface area contributed by atoms with E-state index >= 15 is 0 Å². The molecule has 0 amide bonds. The zero-order chi connectivity index (χ0) is 19.4. The van der Waals surface area contributed by atoms with Gasteiger partial charge in [0.1, 0.15) is 11.9 Å². The topological polar surface area (TPSA) is 64.0 Å². The van der Waals surface area contributed by atoms with Crippen LogP contribution in [0.3, 0.4) is 0 Å². The molecule has 1 heterocycles. The summed E-state index contributed by atoms with van der Waals surface area (Å²) in [5, 5.41) is 19.1. The largest absolute Gasteiger partial charge is 0.480 e. The summed E-state index contributed by atoms with van der Waals surface area (Å²) in [6, 6.07) is 11.5. The zero-order valence-electron chi connectivity index (χ0n) is 15.4. The van der Waals surface area contributed by atoms with Gasteiger partial charge in [-0.2, -0.15) is 0 Å². The Labute approximate surface area is 158 Å². The average molecular weight is 372 g/mol. The molecule has 0 bridgehead atoms. The molecular weight excluding hydrogens is 347 g/mol. The standard InChI is InChI=1S/C21H25FN2O3/c1-15-5-2-3-6-19(15)23-9-4-10-24(12-11-23)20(21(26)27)16-7-8-18(22)17(13-16)14-25/h2-3,5-8,13,20,25H,4,9-12,14H2,1H3,(H,26,27). The minimum absolute atomic E-state index is 0.120. The van der Waals surface area contributed by atoms with Gasteiger partial charge in [0.05, 0.1) is 6.61 Å². The van der Waals surface area contributed by atoms with Crippen molar-refractivity contribution in [2.24, 2.45) is 0 Å². The highest BCUT2D eigenvalue weighted by Gasteiger charge is 2.29. The summed E-state index contributed by atoms with van der Waals surface area (Å²) in [6.07, 6.45) is 0.839. The van der Waals surface area contributed by atoms with Crippen LogP contribution in [0.15, 0.2) is 42.5 Å². The molecule has 1 aliphatic rings. The number of aryl methyl sites for hydroxylation is 1. The van der Waals surface area contributed by atoms with Gasteiger partial charge >= 0.3 is 5.97 Å². The number of carboxylic acid groups (broad SMARTS) is 1. The van der Waals surface area contributed by atoms with E-state index in [0.29, 0.717) is 18.7 Å². The Hall–Kier alpha value is -2.44. The van der Waals surface area contributed by atoms with Gasteiger partial charge < -0.3 is 15.1 Å². The SMILES string of the molecule is Cc1ccccc1N1CCCN(C(C(=O)O)c2ccc(F)c(CO)c2)CC1. The summed E-state index contributed by atoms with van der Waals surface area (Å²) in [4.78, 5) is 16.2. The van der Waals surface area contributed by atoms with E-state index in [1.807, 2.05) is 17.0 Å². The molecule has 1 fully saturated rings. The molecule has 1 saturated heterocycles. The Morgan fingerprint density at radius 3 is 2.63 bits per heavy atom. The Morgan fingerprint density at radius 1 is 1.15 bits per heavy atom. The highest BCUT2D eigenvalue weighted by molar-refractivity contribution is 5.75. The number of aliphatic carboxylic acids is 1. The van der Waals surface area contributed by atoms with Crippen LogP contribution in [-0.2, 0) is 11.4 Å². The molecule has 0 radical (unpaired) electrons. The third kappa shape index (κ3) is 4.28. The molecule has 2 N–H and O–H groups in total. The van der Waals surface area contributed by atoms with Crippen molar-refractivity contribution in [3.63, 3.8) is 0 Å². The van der Waals surface area contributed by atoms with Crippen molar-refractivity contribution in [3.8, 4) is 0 Å². The first-order valence-corrected chi connectivity index (χ1v) is 9.18. The van der Waals surface area contributed by atoms with Crippen LogP contribution in [0.2, 0.25) is 0 Å². The summed E-state index contributed by atoms with van der Waals surface area (Å²) >= 11 is 0. The quantitative estimate of drug-likeness (QED) is 0.845. The predicted octanol–water partition coefficient (Wildman–Crippen LogP) is 2.96. The molecule has 5 nitrogen and oxygen atoms in total. The normalized spacial score (nSPS) is 16.8. The number of para-hydroxylation sites is 1. The van der Waals surface area contributed by atoms with Gasteiger partial charge in [0.25, 0.3) is 0 Å². The van der Waals surface area contributed by atoms with E-state index in [1.165, 1.54) is 29.4 Å². The van der Waals surface area contributed by atoms with Crippen molar-refractivity contribution in [2.45, 2.75) is 26.0 Å². The molecule has 3 rings (SSSR count). The molecular formula is C21H25FN2O3. The maximum Gasteiger partial charge on any atom is 0.325 e. The number of hydrogen-bond donors (Lipinski definition) is 2. The van der Waals surface area contributed by atoms with Gasteiger partial charge in [0, 0.05) is 37.4 Å². The van der Waals surface area contributed by atoms with E-state index in [4.69, 9.17) is 0 Å². The smallest absolute Gasteiger partial charge is 0.325 e. The summed E-state index contributed by atoms with van der Waals surface area (Å²) in [5.74, 6) is -1.48. The van der Waals surface area contributed by atoms with Crippen LogP contribution in [0, 0.1) is 12.7 Å². The first-order chi connectivity index (χ1) is 13.0. The van der Waals surface area contributed by atoms with Crippen molar-refractivity contribution in [2.75, 3.05) is 31.1 Å². The van der Waals surface area contributed by atoms with Crippen LogP contribution in [0.5, 0.6) is 0 Å². The molecule has 1 atom stereocenters. The maximum absolute atomic E-state index is 13.7. The van der Waals surface area contributed by atoms with Crippen LogP contribution in [0.25, 0.3) is 0 Å². The van der Waals surface area contributed by atoms with Gasteiger partial charge in [0.15, 0.2) is 0 Å². The minimum Gasteiger partial charge on any atom is -0.480 e. The van der Waals surface area contributed by atoms with E-state index in [0.717, 1.165) is 19.5 Å². The molecule has 0 spiro atoms. The molecule has 144 valence electrons. The monoisotopic (exact) mass is 372 g/mol. The summed E-state index contributed by atoms with van der Waals surface area (Å²) in [7, 11) is 0. The number of hydrogen-bond acceptors (Lipinski definition) is 4. The molecule has 2 aromatic rings. The van der Waals surface area contributed by atoms with Crippen LogP contribution in [-0.4, -0.2) is 47.3 Å². The van der Waals surface area contributed by atoms with Gasteiger partial charge in [-0.15, -0.1) is 0 Å². The number of halogens is 1. The fraction of sp³-hybridized carbons (Fsp3) is 0.381. The first kappa shape index (κ1) is 19.3. The lowest BCUT2D eigenvalue weighted by Gasteiger charge is -2.29. The summed E-state index contributed by atoms with van der Waals surface area (Å²) in [5.41, 5.74) is 3.00. The summed E-state index contributed by atoms with van der Waals surface area (Å²) in [6.45, 7) is 4.45. The highest BCUT2D eigenvalue weighted by atomic mass is 19.1. The van der Waals surface area contributed by atoms with E-state index in [1.54, 1.807) is 0 Å². The van der Waals surface area contributed by atoms with Gasteiger partial charge in [-0.1, -0.05) is 24.3 Å². The fourth-order valence-electron chi connectivity index (χ4n) is 3.75. The third-order valence-electron chi connectivity index (χ3n) is 5.14. The van der Waals surface area contributed by atoms with Gasteiger partial charge in [-0.05, 0) is 42.7 Å². The number of aliphatic hydroxyl groups excluding tert-OH is 1. The number of carbonyl (C=O) groups is 1. The van der Waals surface area contributed by atoms with E-state index in [2.05, 4.69) is 24.0 Å². The molecule has 0 aromatic heterocycles. The second kappa shape index (κ2) is 8.50. The molecule has 1 unspecified atom stereocenters. The summed E-state index contributed by atoms with van der Waals surface area (Å²) < 4.78 is 13.7. The van der Waals surface area contributed by atoms with E-state index in [-0.39, 0.29) is 5.56 Å². The Morgan fingerprint density at radius 2 is 1.93 bits per heavy atom. The lowest BCUT2D eigenvalue weighted by Crippen LogP contribution is -2.37. The molecule has 0 aliphatic carbocycles. The van der Waals surface area contributed by atoms with Crippen LogP contribution in [0.1, 0.15) is 29.2 Å². The van der Waals surface area contributed by atoms with E-state index in [9.17, 15) is 19.4 Å². The predicted molar refractivity (Wildman–Crippen MR) is 102 cm³/mol. The van der Waals surface area contributed by atoms with Crippen molar-refractivity contribution >= 4 is 11.7 Å².